The van der Waals surface area contributed by atoms with Crippen LogP contribution in [-0.4, -0.2) is 52.3 Å². The number of piperidine rings is 1. The van der Waals surface area contributed by atoms with Crippen LogP contribution >= 0.6 is 0 Å². The highest BCUT2D eigenvalue weighted by molar-refractivity contribution is 5.96. The van der Waals surface area contributed by atoms with Gasteiger partial charge in [0.1, 0.15) is 5.56 Å². The Kier molecular flexibility index (Phi) is 5.24. The van der Waals surface area contributed by atoms with Gasteiger partial charge in [0.25, 0.3) is 11.7 Å². The Morgan fingerprint density at radius 3 is 2.50 bits per heavy atom. The predicted molar refractivity (Wildman–Crippen MR) is 79.5 cm³/mol. The highest BCUT2D eigenvalue weighted by Crippen LogP contribution is 2.33. The van der Waals surface area contributed by atoms with Gasteiger partial charge in [0.15, 0.2) is 0 Å². The fourth-order valence-electron chi connectivity index (χ4n) is 2.80. The van der Waals surface area contributed by atoms with Gasteiger partial charge in [-0.1, -0.05) is 5.16 Å². The van der Waals surface area contributed by atoms with Gasteiger partial charge < -0.3 is 19.8 Å². The van der Waals surface area contributed by atoms with Crippen molar-refractivity contribution in [1.29, 1.82) is 0 Å². The smallest absolute Gasteiger partial charge is 0.388 e. The van der Waals surface area contributed by atoms with Crippen LogP contribution in [-0.2, 0) is 6.18 Å². The number of alkyl halides is 3. The topological polar surface area (TPSA) is 78.6 Å². The summed E-state index contributed by atoms with van der Waals surface area (Å²) in [6, 6.07) is 0.359. The molecule has 0 aromatic carbocycles. The fraction of sp³-hybridized carbons (Fsp3) is 0.733. The number of halogens is 3. The molecule has 0 spiro atoms. The zero-order valence-electron chi connectivity index (χ0n) is 13.9. The van der Waals surface area contributed by atoms with E-state index in [1.165, 1.54) is 6.92 Å². The molecule has 1 fully saturated rings. The molecule has 2 heterocycles. The minimum Gasteiger partial charge on any atom is -0.388 e. The lowest BCUT2D eigenvalue weighted by Crippen LogP contribution is -2.52. The Hall–Kier alpha value is -1.61. The lowest BCUT2D eigenvalue weighted by molar-refractivity contribution is -0.155. The molecule has 0 unspecified atom stereocenters. The maximum atomic E-state index is 12.8. The number of likely N-dealkylation sites (tertiary alicyclic amines) is 1. The first-order valence-electron chi connectivity index (χ1n) is 7.81. The van der Waals surface area contributed by atoms with E-state index >= 15 is 0 Å². The normalized spacial score (nSPS) is 18.8. The quantitative estimate of drug-likeness (QED) is 0.869. The molecule has 9 heteroatoms. The van der Waals surface area contributed by atoms with E-state index in [9.17, 15) is 23.1 Å². The minimum absolute atomic E-state index is 0.111. The van der Waals surface area contributed by atoms with Crippen LogP contribution in [0.4, 0.5) is 13.2 Å². The number of hydrogen-bond donors (Lipinski definition) is 2. The molecule has 1 aromatic heterocycles. The van der Waals surface area contributed by atoms with Crippen molar-refractivity contribution in [2.75, 3.05) is 19.6 Å². The summed E-state index contributed by atoms with van der Waals surface area (Å²) in [6.07, 6.45) is -3.91. The number of carbonyl (C=O) groups excluding carboxylic acids is 1. The molecule has 0 bridgehead atoms. The van der Waals surface area contributed by atoms with Gasteiger partial charge in [-0.15, -0.1) is 0 Å². The van der Waals surface area contributed by atoms with E-state index in [4.69, 9.17) is 0 Å². The predicted octanol–water partition coefficient (Wildman–Crippen LogP) is 1.97. The van der Waals surface area contributed by atoms with Crippen molar-refractivity contribution in [3.63, 3.8) is 0 Å². The second-order valence-electron chi connectivity index (χ2n) is 6.51. The van der Waals surface area contributed by atoms with E-state index in [1.54, 1.807) is 0 Å². The number of rotatable bonds is 4. The van der Waals surface area contributed by atoms with Crippen LogP contribution in [0.5, 0.6) is 0 Å². The Balaban J connectivity index is 2.01. The van der Waals surface area contributed by atoms with Crippen molar-refractivity contribution in [2.45, 2.75) is 51.4 Å². The largest absolute Gasteiger partial charge is 0.453 e. The van der Waals surface area contributed by atoms with Crippen LogP contribution < -0.4 is 5.32 Å². The Labute approximate surface area is 138 Å². The molecule has 0 radical (unpaired) electrons. The second kappa shape index (κ2) is 6.72. The van der Waals surface area contributed by atoms with Crippen molar-refractivity contribution in [3.05, 3.63) is 17.0 Å². The van der Waals surface area contributed by atoms with Gasteiger partial charge in [0.05, 0.1) is 11.3 Å². The Morgan fingerprint density at radius 1 is 1.42 bits per heavy atom. The average molecular weight is 349 g/mol. The van der Waals surface area contributed by atoms with Gasteiger partial charge in [-0.25, -0.2) is 0 Å². The summed E-state index contributed by atoms with van der Waals surface area (Å²) in [5.41, 5.74) is -1.89. The van der Waals surface area contributed by atoms with E-state index in [-0.39, 0.29) is 12.2 Å². The summed E-state index contributed by atoms with van der Waals surface area (Å²) < 4.78 is 42.8. The van der Waals surface area contributed by atoms with E-state index in [0.29, 0.717) is 32.0 Å². The molecule has 1 saturated heterocycles. The molecule has 2 rings (SSSR count). The molecule has 6 nitrogen and oxygen atoms in total. The maximum Gasteiger partial charge on any atom is 0.453 e. The van der Waals surface area contributed by atoms with Crippen molar-refractivity contribution in [1.82, 2.24) is 15.4 Å². The molecular weight excluding hydrogens is 327 g/mol. The highest BCUT2D eigenvalue weighted by atomic mass is 19.4. The first-order chi connectivity index (χ1) is 11.0. The monoisotopic (exact) mass is 349 g/mol. The van der Waals surface area contributed by atoms with Crippen molar-refractivity contribution < 1.29 is 27.6 Å². The molecule has 0 atom stereocenters. The number of hydrogen-bond acceptors (Lipinski definition) is 5. The number of aryl methyl sites for hydroxylation is 1. The molecule has 136 valence electrons. The highest BCUT2D eigenvalue weighted by Gasteiger charge is 2.42. The SMILES string of the molecule is Cc1noc(C(F)(F)F)c1C(=O)NCC1(O)CCN(C(C)C)CC1. The molecule has 0 saturated carbocycles. The first-order valence-corrected chi connectivity index (χ1v) is 7.81. The summed E-state index contributed by atoms with van der Waals surface area (Å²) in [5, 5.41) is 16.1. The van der Waals surface area contributed by atoms with Gasteiger partial charge in [-0.2, -0.15) is 13.2 Å². The molecule has 0 aliphatic carbocycles. The minimum atomic E-state index is -4.80. The van der Waals surface area contributed by atoms with Gasteiger partial charge >= 0.3 is 6.18 Å². The second-order valence-corrected chi connectivity index (χ2v) is 6.51. The fourth-order valence-corrected chi connectivity index (χ4v) is 2.80. The van der Waals surface area contributed by atoms with Crippen LogP contribution in [0.1, 0.15) is 48.5 Å². The number of aromatic nitrogens is 1. The number of amides is 1. The standard InChI is InChI=1S/C15H22F3N3O3/c1-9(2)21-6-4-14(23,5-7-21)8-19-13(22)11-10(3)20-24-12(11)15(16,17)18/h9,23H,4-8H2,1-3H3,(H,19,22). The summed E-state index contributed by atoms with van der Waals surface area (Å²) in [5.74, 6) is -2.36. The Morgan fingerprint density at radius 2 is 2.00 bits per heavy atom. The van der Waals surface area contributed by atoms with Gasteiger partial charge in [-0.3, -0.25) is 4.79 Å². The van der Waals surface area contributed by atoms with Crippen LogP contribution in [0.3, 0.4) is 0 Å². The number of carbonyl (C=O) groups is 1. The zero-order valence-corrected chi connectivity index (χ0v) is 13.9. The van der Waals surface area contributed by atoms with Gasteiger partial charge in [0.2, 0.25) is 0 Å². The third kappa shape index (κ3) is 4.07. The van der Waals surface area contributed by atoms with Crippen LogP contribution in [0.15, 0.2) is 4.52 Å². The summed E-state index contributed by atoms with van der Waals surface area (Å²) in [7, 11) is 0. The summed E-state index contributed by atoms with van der Waals surface area (Å²) in [6.45, 7) is 6.61. The van der Waals surface area contributed by atoms with E-state index < -0.39 is 29.0 Å². The van der Waals surface area contributed by atoms with Gasteiger partial charge in [0, 0.05) is 25.7 Å². The number of aliphatic hydroxyl groups is 1. The molecule has 1 aromatic rings. The molecule has 24 heavy (non-hydrogen) atoms. The molecular formula is C15H22F3N3O3. The molecule has 1 aliphatic heterocycles. The summed E-state index contributed by atoms with van der Waals surface area (Å²) in [4.78, 5) is 14.3. The third-order valence-electron chi connectivity index (χ3n) is 4.38. The molecule has 1 amide bonds. The zero-order chi connectivity index (χ0) is 18.1. The lowest BCUT2D eigenvalue weighted by Gasteiger charge is -2.40. The summed E-state index contributed by atoms with van der Waals surface area (Å²) >= 11 is 0. The van der Waals surface area contributed by atoms with Crippen molar-refractivity contribution in [2.24, 2.45) is 0 Å². The van der Waals surface area contributed by atoms with E-state index in [0.717, 1.165) is 0 Å². The van der Waals surface area contributed by atoms with E-state index in [1.807, 2.05) is 0 Å². The van der Waals surface area contributed by atoms with E-state index in [2.05, 4.69) is 33.7 Å². The van der Waals surface area contributed by atoms with Crippen LogP contribution in [0.25, 0.3) is 0 Å². The maximum absolute atomic E-state index is 12.8. The van der Waals surface area contributed by atoms with Crippen molar-refractivity contribution in [3.8, 4) is 0 Å². The number of nitrogens with one attached hydrogen (secondary N) is 1. The van der Waals surface area contributed by atoms with Crippen molar-refractivity contribution >= 4 is 5.91 Å². The molecule has 2 N–H and O–H groups in total. The molecule has 1 aliphatic rings. The van der Waals surface area contributed by atoms with Crippen LogP contribution in [0, 0.1) is 6.92 Å². The van der Waals surface area contributed by atoms with Crippen LogP contribution in [0.2, 0.25) is 0 Å². The van der Waals surface area contributed by atoms with Gasteiger partial charge in [-0.05, 0) is 33.6 Å². The Bertz CT molecular complexity index is 591. The third-order valence-corrected chi connectivity index (χ3v) is 4.38. The number of nitrogens with zero attached hydrogens (tertiary/aromatic N) is 2. The average Bonchev–Trinajstić information content (AvgIpc) is 2.87. The lowest BCUT2D eigenvalue weighted by atomic mass is 9.90. The first kappa shape index (κ1) is 18.7.